The van der Waals surface area contributed by atoms with E-state index in [1.165, 1.54) is 11.3 Å². The second kappa shape index (κ2) is 7.21. The van der Waals surface area contributed by atoms with E-state index in [0.717, 1.165) is 26.9 Å². The highest BCUT2D eigenvalue weighted by atomic mass is 35.5. The Morgan fingerprint density at radius 1 is 0.966 bits per heavy atom. The lowest BCUT2D eigenvalue weighted by Crippen LogP contribution is -2.04. The largest absolute Gasteiger partial charge is 0.456 e. The minimum absolute atomic E-state index is 0.536. The van der Waals surface area contributed by atoms with Gasteiger partial charge in [0.05, 0.1) is 15.8 Å². The predicted molar refractivity (Wildman–Crippen MR) is 119 cm³/mol. The number of allylic oxidation sites excluding steroid dienone is 3. The van der Waals surface area contributed by atoms with Gasteiger partial charge in [-0.05, 0) is 48.5 Å². The van der Waals surface area contributed by atoms with Gasteiger partial charge in [0.25, 0.3) is 0 Å². The van der Waals surface area contributed by atoms with E-state index in [0.29, 0.717) is 27.1 Å². The first-order chi connectivity index (χ1) is 14.2. The summed E-state index contributed by atoms with van der Waals surface area (Å²) in [7, 11) is 0. The van der Waals surface area contributed by atoms with Crippen LogP contribution < -0.4 is 4.74 Å². The molecule has 29 heavy (non-hydrogen) atoms. The zero-order valence-corrected chi connectivity index (χ0v) is 16.7. The molecule has 5 heteroatoms. The summed E-state index contributed by atoms with van der Waals surface area (Å²) in [5.41, 5.74) is 4.00. The van der Waals surface area contributed by atoms with Crippen LogP contribution in [0.15, 0.2) is 78.9 Å². The maximum absolute atomic E-state index is 10.0. The molecule has 138 valence electrons. The molecule has 1 aliphatic rings. The number of nitriles is 1. The van der Waals surface area contributed by atoms with Gasteiger partial charge in [0.2, 0.25) is 0 Å². The molecule has 0 unspecified atom stereocenters. The molecule has 0 amide bonds. The van der Waals surface area contributed by atoms with Gasteiger partial charge in [-0.25, -0.2) is 4.98 Å². The molecule has 0 atom stereocenters. The van der Waals surface area contributed by atoms with Crippen LogP contribution in [0.4, 0.5) is 0 Å². The molecule has 3 nitrogen and oxygen atoms in total. The van der Waals surface area contributed by atoms with Crippen molar-refractivity contribution in [2.24, 2.45) is 0 Å². The first-order valence-electron chi connectivity index (χ1n) is 8.98. The highest BCUT2D eigenvalue weighted by molar-refractivity contribution is 7.19. The number of fused-ring (bicyclic) bond motifs is 2. The van der Waals surface area contributed by atoms with E-state index in [9.17, 15) is 5.26 Å². The summed E-state index contributed by atoms with van der Waals surface area (Å²) in [6, 6.07) is 25.5. The number of rotatable bonds is 2. The molecule has 4 aromatic rings. The molecule has 0 aliphatic carbocycles. The fourth-order valence-electron chi connectivity index (χ4n) is 3.30. The molecule has 0 saturated heterocycles. The minimum atomic E-state index is 0.536. The summed E-state index contributed by atoms with van der Waals surface area (Å²) in [5, 5.41) is 11.4. The fraction of sp³-hybridized carbons (Fsp3) is 0. The number of nitrogens with zero attached hydrogens (tertiary/aromatic N) is 2. The van der Waals surface area contributed by atoms with Crippen molar-refractivity contribution in [3.8, 4) is 11.8 Å². The van der Waals surface area contributed by atoms with E-state index < -0.39 is 0 Å². The van der Waals surface area contributed by atoms with Crippen molar-refractivity contribution >= 4 is 50.1 Å². The van der Waals surface area contributed by atoms with Crippen molar-refractivity contribution in [2.75, 3.05) is 0 Å². The van der Waals surface area contributed by atoms with E-state index in [1.807, 2.05) is 78.9 Å². The Kier molecular flexibility index (Phi) is 4.40. The standard InChI is InChI=1S/C24H13ClN2OS/c25-16-11-9-15(10-12-16)22-13-18(17-5-1-3-7-21(17)28-22)19(14-26)24-27-20-6-2-4-8-23(20)29-24/h1-13H/b19-18-. The highest BCUT2D eigenvalue weighted by Crippen LogP contribution is 2.41. The number of ether oxygens (including phenoxy) is 1. The molecule has 1 aromatic heterocycles. The summed E-state index contributed by atoms with van der Waals surface area (Å²) in [5.74, 6) is 1.38. The third-order valence-electron chi connectivity index (χ3n) is 4.69. The molecular weight excluding hydrogens is 400 g/mol. The van der Waals surface area contributed by atoms with Crippen LogP contribution in [0, 0.1) is 11.3 Å². The van der Waals surface area contributed by atoms with Gasteiger partial charge in [-0.2, -0.15) is 5.26 Å². The Balaban J connectivity index is 1.74. The van der Waals surface area contributed by atoms with Crippen molar-refractivity contribution in [3.63, 3.8) is 0 Å². The van der Waals surface area contributed by atoms with Gasteiger partial charge < -0.3 is 4.74 Å². The number of aromatic nitrogens is 1. The van der Waals surface area contributed by atoms with Crippen molar-refractivity contribution < 1.29 is 4.74 Å². The Morgan fingerprint density at radius 2 is 1.72 bits per heavy atom. The van der Waals surface area contributed by atoms with Gasteiger partial charge in [0.1, 0.15) is 22.6 Å². The van der Waals surface area contributed by atoms with Gasteiger partial charge in [-0.1, -0.05) is 41.9 Å². The minimum Gasteiger partial charge on any atom is -0.456 e. The average Bonchev–Trinajstić information content (AvgIpc) is 3.18. The molecule has 1 aliphatic heterocycles. The maximum atomic E-state index is 10.0. The van der Waals surface area contributed by atoms with E-state index in [2.05, 4.69) is 6.07 Å². The predicted octanol–water partition coefficient (Wildman–Crippen LogP) is 6.82. The number of benzene rings is 3. The normalized spacial score (nSPS) is 14.6. The van der Waals surface area contributed by atoms with Crippen LogP contribution in [-0.2, 0) is 0 Å². The molecule has 0 bridgehead atoms. The third kappa shape index (κ3) is 3.21. The van der Waals surface area contributed by atoms with Crippen LogP contribution >= 0.6 is 22.9 Å². The molecule has 0 saturated carbocycles. The molecule has 0 spiro atoms. The Hall–Kier alpha value is -3.39. The number of hydrogen-bond donors (Lipinski definition) is 0. The van der Waals surface area contributed by atoms with Crippen LogP contribution in [0.5, 0.6) is 5.75 Å². The second-order valence-electron chi connectivity index (χ2n) is 6.50. The number of thiazole rings is 1. The third-order valence-corrected chi connectivity index (χ3v) is 6.00. The second-order valence-corrected chi connectivity index (χ2v) is 7.97. The first kappa shape index (κ1) is 17.7. The molecule has 0 radical (unpaired) electrons. The van der Waals surface area contributed by atoms with E-state index in [4.69, 9.17) is 21.3 Å². The topological polar surface area (TPSA) is 45.9 Å². The summed E-state index contributed by atoms with van der Waals surface area (Å²) >= 11 is 7.55. The SMILES string of the molecule is N#C/C(=C1\C=C(c2ccc(Cl)cc2)Oc2ccccc21)c1nc2ccccc2s1. The monoisotopic (exact) mass is 412 g/mol. The lowest BCUT2D eigenvalue weighted by molar-refractivity contribution is 0.509. The van der Waals surface area contributed by atoms with Crippen molar-refractivity contribution in [1.82, 2.24) is 4.98 Å². The number of halogens is 1. The van der Waals surface area contributed by atoms with Crippen molar-refractivity contribution in [2.45, 2.75) is 0 Å². The average molecular weight is 413 g/mol. The van der Waals surface area contributed by atoms with Gasteiger partial charge in [-0.3, -0.25) is 0 Å². The quantitative estimate of drug-likeness (QED) is 0.339. The van der Waals surface area contributed by atoms with Crippen LogP contribution in [-0.4, -0.2) is 4.98 Å². The van der Waals surface area contributed by atoms with Gasteiger partial charge in [-0.15, -0.1) is 11.3 Å². The summed E-state index contributed by atoms with van der Waals surface area (Å²) in [4.78, 5) is 4.69. The number of hydrogen-bond acceptors (Lipinski definition) is 4. The molecule has 5 rings (SSSR count). The lowest BCUT2D eigenvalue weighted by atomic mass is 9.95. The van der Waals surface area contributed by atoms with Gasteiger partial charge in [0.15, 0.2) is 0 Å². The van der Waals surface area contributed by atoms with Crippen LogP contribution in [0.1, 0.15) is 16.1 Å². The van der Waals surface area contributed by atoms with Gasteiger partial charge in [0, 0.05) is 21.7 Å². The van der Waals surface area contributed by atoms with Crippen molar-refractivity contribution in [1.29, 1.82) is 5.26 Å². The van der Waals surface area contributed by atoms with Crippen LogP contribution in [0.25, 0.3) is 27.1 Å². The maximum Gasteiger partial charge on any atom is 0.135 e. The zero-order chi connectivity index (χ0) is 19.8. The lowest BCUT2D eigenvalue weighted by Gasteiger charge is -2.21. The first-order valence-corrected chi connectivity index (χ1v) is 10.2. The molecule has 2 heterocycles. The summed E-state index contributed by atoms with van der Waals surface area (Å²) < 4.78 is 7.19. The fourth-order valence-corrected chi connectivity index (χ4v) is 4.40. The van der Waals surface area contributed by atoms with E-state index >= 15 is 0 Å². The Morgan fingerprint density at radius 3 is 2.52 bits per heavy atom. The van der Waals surface area contributed by atoms with Crippen LogP contribution in [0.3, 0.4) is 0 Å². The molecule has 0 N–H and O–H groups in total. The molecule has 0 fully saturated rings. The zero-order valence-electron chi connectivity index (χ0n) is 15.1. The molecular formula is C24H13ClN2OS. The van der Waals surface area contributed by atoms with Gasteiger partial charge >= 0.3 is 0 Å². The number of para-hydroxylation sites is 2. The van der Waals surface area contributed by atoms with E-state index in [1.54, 1.807) is 0 Å². The van der Waals surface area contributed by atoms with E-state index in [-0.39, 0.29) is 0 Å². The van der Waals surface area contributed by atoms with Crippen LogP contribution in [0.2, 0.25) is 5.02 Å². The summed E-state index contributed by atoms with van der Waals surface area (Å²) in [6.07, 6.45) is 1.91. The Bertz CT molecular complexity index is 1310. The molecule has 3 aromatic carbocycles. The smallest absolute Gasteiger partial charge is 0.135 e. The summed E-state index contributed by atoms with van der Waals surface area (Å²) in [6.45, 7) is 0. The Labute approximate surface area is 176 Å². The van der Waals surface area contributed by atoms with Crippen molar-refractivity contribution in [3.05, 3.63) is 100 Å². The highest BCUT2D eigenvalue weighted by Gasteiger charge is 2.23.